The molecule has 1 amide bonds. The van der Waals surface area contributed by atoms with Gasteiger partial charge in [0.1, 0.15) is 23.4 Å². The number of amides is 1. The zero-order valence-electron chi connectivity index (χ0n) is 18.8. The summed E-state index contributed by atoms with van der Waals surface area (Å²) >= 11 is 0. The van der Waals surface area contributed by atoms with Gasteiger partial charge in [-0.15, -0.1) is 0 Å². The van der Waals surface area contributed by atoms with Gasteiger partial charge in [-0.2, -0.15) is 0 Å². The van der Waals surface area contributed by atoms with E-state index in [0.29, 0.717) is 5.75 Å². The van der Waals surface area contributed by atoms with Gasteiger partial charge in [-0.1, -0.05) is 60.7 Å². The molecule has 0 aliphatic rings. The molecule has 0 aliphatic carbocycles. The molecule has 0 radical (unpaired) electrons. The third kappa shape index (κ3) is 5.60. The molecule has 1 aromatic heterocycles. The van der Waals surface area contributed by atoms with Gasteiger partial charge in [-0.05, 0) is 34.9 Å². The van der Waals surface area contributed by atoms with Crippen molar-refractivity contribution in [2.45, 2.75) is 12.5 Å². The van der Waals surface area contributed by atoms with E-state index in [-0.39, 0.29) is 12.5 Å². The molecule has 4 rings (SSSR count). The summed E-state index contributed by atoms with van der Waals surface area (Å²) in [5.41, 5.74) is 3.13. The Morgan fingerprint density at radius 3 is 2.42 bits per heavy atom. The molecule has 0 fully saturated rings. The van der Waals surface area contributed by atoms with Crippen LogP contribution in [0.3, 0.4) is 0 Å². The molecule has 3 aromatic carbocycles. The molecule has 1 heterocycles. The van der Waals surface area contributed by atoms with Crippen molar-refractivity contribution < 1.29 is 14.3 Å². The molecular formula is C27H27N3O3. The fourth-order valence-corrected chi connectivity index (χ4v) is 3.70. The van der Waals surface area contributed by atoms with Gasteiger partial charge < -0.3 is 19.4 Å². The molecule has 1 unspecified atom stereocenters. The summed E-state index contributed by atoms with van der Waals surface area (Å²) in [7, 11) is 3.53. The fraction of sp³-hybridized carbons (Fsp3) is 0.185. The topological polar surface area (TPSA) is 65.4 Å². The molecule has 6 heteroatoms. The predicted molar refractivity (Wildman–Crippen MR) is 127 cm³/mol. The van der Waals surface area contributed by atoms with Gasteiger partial charge in [0.25, 0.3) is 5.91 Å². The van der Waals surface area contributed by atoms with Crippen LogP contribution in [0.4, 0.5) is 0 Å². The number of benzene rings is 3. The lowest BCUT2D eigenvalue weighted by molar-refractivity contribution is -0.123. The third-order valence-corrected chi connectivity index (χ3v) is 5.44. The van der Waals surface area contributed by atoms with Gasteiger partial charge in [-0.3, -0.25) is 4.79 Å². The van der Waals surface area contributed by atoms with Crippen LogP contribution in [-0.2, 0) is 18.3 Å². The Hall–Kier alpha value is -4.06. The monoisotopic (exact) mass is 441 g/mol. The van der Waals surface area contributed by atoms with E-state index in [1.165, 1.54) is 5.56 Å². The lowest BCUT2D eigenvalue weighted by Crippen LogP contribution is -2.34. The van der Waals surface area contributed by atoms with Gasteiger partial charge in [0.05, 0.1) is 7.11 Å². The fourth-order valence-electron chi connectivity index (χ4n) is 3.70. The Morgan fingerprint density at radius 2 is 1.73 bits per heavy atom. The van der Waals surface area contributed by atoms with Crippen LogP contribution >= 0.6 is 0 Å². The first-order chi connectivity index (χ1) is 16.1. The second kappa shape index (κ2) is 10.5. The summed E-state index contributed by atoms with van der Waals surface area (Å²) in [6.07, 6.45) is 4.31. The van der Waals surface area contributed by atoms with Crippen LogP contribution in [0.5, 0.6) is 11.5 Å². The lowest BCUT2D eigenvalue weighted by atomic mass is 10.0. The van der Waals surface area contributed by atoms with E-state index < -0.39 is 6.04 Å². The first-order valence-electron chi connectivity index (χ1n) is 10.8. The minimum Gasteiger partial charge on any atom is -0.497 e. The Kier molecular flexibility index (Phi) is 7.05. The number of imidazole rings is 1. The highest BCUT2D eigenvalue weighted by molar-refractivity contribution is 5.78. The van der Waals surface area contributed by atoms with E-state index in [2.05, 4.69) is 22.4 Å². The van der Waals surface area contributed by atoms with Gasteiger partial charge in [0.15, 0.2) is 6.61 Å². The van der Waals surface area contributed by atoms with Crippen LogP contribution in [0, 0.1) is 0 Å². The second-order valence-electron chi connectivity index (χ2n) is 7.73. The zero-order chi connectivity index (χ0) is 23.0. The van der Waals surface area contributed by atoms with E-state index in [0.717, 1.165) is 29.1 Å². The molecule has 4 aromatic rings. The first kappa shape index (κ1) is 22.1. The van der Waals surface area contributed by atoms with Gasteiger partial charge in [0.2, 0.25) is 0 Å². The van der Waals surface area contributed by atoms with Crippen LogP contribution < -0.4 is 14.8 Å². The molecule has 0 aliphatic heterocycles. The average molecular weight is 442 g/mol. The van der Waals surface area contributed by atoms with Gasteiger partial charge in [-0.25, -0.2) is 4.98 Å². The highest BCUT2D eigenvalue weighted by atomic mass is 16.5. The molecule has 1 N–H and O–H groups in total. The first-order valence-corrected chi connectivity index (χ1v) is 10.8. The summed E-state index contributed by atoms with van der Waals surface area (Å²) < 4.78 is 13.1. The van der Waals surface area contributed by atoms with Crippen molar-refractivity contribution in [2.24, 2.45) is 7.05 Å². The summed E-state index contributed by atoms with van der Waals surface area (Å²) in [6, 6.07) is 25.2. The van der Waals surface area contributed by atoms with E-state index in [9.17, 15) is 4.79 Å². The predicted octanol–water partition coefficient (Wildman–Crippen LogP) is 4.30. The molecule has 168 valence electrons. The SMILES string of the molecule is COc1ccc(C(NC(=O)COc2ccccc2Cc2ccccc2)c2nccn2C)cc1. The number of nitrogens with one attached hydrogen (secondary N) is 1. The molecule has 0 saturated carbocycles. The summed E-state index contributed by atoms with van der Waals surface area (Å²) in [5, 5.41) is 3.07. The number of methoxy groups -OCH3 is 1. The maximum absolute atomic E-state index is 12.9. The smallest absolute Gasteiger partial charge is 0.258 e. The molecule has 0 spiro atoms. The number of aryl methyl sites for hydroxylation is 1. The largest absolute Gasteiger partial charge is 0.497 e. The summed E-state index contributed by atoms with van der Waals surface area (Å²) in [6.45, 7) is -0.0944. The van der Waals surface area contributed by atoms with Crippen molar-refractivity contribution >= 4 is 5.91 Å². The maximum atomic E-state index is 12.9. The van der Waals surface area contributed by atoms with Gasteiger partial charge >= 0.3 is 0 Å². The normalized spacial score (nSPS) is 11.6. The number of carbonyl (C=O) groups is 1. The minimum atomic E-state index is -0.411. The number of aromatic nitrogens is 2. The highest BCUT2D eigenvalue weighted by Crippen LogP contribution is 2.24. The molecular weight excluding hydrogens is 414 g/mol. The van der Waals surface area contributed by atoms with Crippen molar-refractivity contribution in [3.05, 3.63) is 114 Å². The number of hydrogen-bond donors (Lipinski definition) is 1. The molecule has 0 saturated heterocycles. The van der Waals surface area contributed by atoms with Crippen molar-refractivity contribution in [3.8, 4) is 11.5 Å². The molecule has 1 atom stereocenters. The molecule has 0 bridgehead atoms. The van der Waals surface area contributed by atoms with Crippen LogP contribution in [0.25, 0.3) is 0 Å². The van der Waals surface area contributed by atoms with E-state index in [1.54, 1.807) is 13.3 Å². The average Bonchev–Trinajstić information content (AvgIpc) is 3.28. The van der Waals surface area contributed by atoms with E-state index in [1.807, 2.05) is 84.5 Å². The zero-order valence-corrected chi connectivity index (χ0v) is 18.8. The highest BCUT2D eigenvalue weighted by Gasteiger charge is 2.21. The van der Waals surface area contributed by atoms with Crippen molar-refractivity contribution in [1.82, 2.24) is 14.9 Å². The Balaban J connectivity index is 1.47. The quantitative estimate of drug-likeness (QED) is 0.421. The summed E-state index contributed by atoms with van der Waals surface area (Å²) in [4.78, 5) is 17.3. The standard InChI is InChI=1S/C27H27N3O3/c1-30-17-16-28-27(30)26(21-12-14-23(32-2)15-13-21)29-25(31)19-33-24-11-7-6-10-22(24)18-20-8-4-3-5-9-20/h3-17,26H,18-19H2,1-2H3,(H,29,31). The number of hydrogen-bond acceptors (Lipinski definition) is 4. The summed E-state index contributed by atoms with van der Waals surface area (Å²) in [5.74, 6) is 1.96. The Morgan fingerprint density at radius 1 is 1.00 bits per heavy atom. The van der Waals surface area contributed by atoms with Crippen molar-refractivity contribution in [2.75, 3.05) is 13.7 Å². The van der Waals surface area contributed by atoms with Crippen LogP contribution in [0.15, 0.2) is 91.3 Å². The maximum Gasteiger partial charge on any atom is 0.258 e. The number of rotatable bonds is 9. The second-order valence-corrected chi connectivity index (χ2v) is 7.73. The minimum absolute atomic E-state index is 0.0944. The van der Waals surface area contributed by atoms with Crippen LogP contribution in [-0.4, -0.2) is 29.2 Å². The van der Waals surface area contributed by atoms with Crippen LogP contribution in [0.1, 0.15) is 28.6 Å². The molecule has 6 nitrogen and oxygen atoms in total. The number of nitrogens with zero attached hydrogens (tertiary/aromatic N) is 2. The van der Waals surface area contributed by atoms with E-state index >= 15 is 0 Å². The van der Waals surface area contributed by atoms with Crippen LogP contribution in [0.2, 0.25) is 0 Å². The van der Waals surface area contributed by atoms with Crippen molar-refractivity contribution in [1.29, 1.82) is 0 Å². The number of ether oxygens (including phenoxy) is 2. The number of carbonyl (C=O) groups excluding carboxylic acids is 1. The third-order valence-electron chi connectivity index (χ3n) is 5.44. The van der Waals surface area contributed by atoms with Gasteiger partial charge in [0, 0.05) is 25.9 Å². The molecule has 33 heavy (non-hydrogen) atoms. The Labute approximate surface area is 193 Å². The number of para-hydroxylation sites is 1. The van der Waals surface area contributed by atoms with Crippen molar-refractivity contribution in [3.63, 3.8) is 0 Å². The van der Waals surface area contributed by atoms with E-state index in [4.69, 9.17) is 9.47 Å². The Bertz CT molecular complexity index is 1190. The lowest BCUT2D eigenvalue weighted by Gasteiger charge is -2.20.